The number of benzene rings is 2. The molecule has 0 bridgehead atoms. The van der Waals surface area contributed by atoms with E-state index in [0.717, 1.165) is 32.0 Å². The van der Waals surface area contributed by atoms with Gasteiger partial charge in [-0.3, -0.25) is 4.72 Å². The number of thiophene rings is 1. The lowest BCUT2D eigenvalue weighted by Gasteiger charge is -2.20. The van der Waals surface area contributed by atoms with Crippen molar-refractivity contribution < 1.29 is 42.3 Å². The minimum absolute atomic E-state index is 0.0256. The van der Waals surface area contributed by atoms with Crippen molar-refractivity contribution in [3.63, 3.8) is 0 Å². The Morgan fingerprint density at radius 3 is 1.98 bits per heavy atom. The van der Waals surface area contributed by atoms with Gasteiger partial charge in [0.15, 0.2) is 23.1 Å². The average molecular weight is 758 g/mol. The number of para-hydroxylation sites is 2. The maximum Gasteiger partial charge on any atom is 0.263 e. The van der Waals surface area contributed by atoms with Crippen LogP contribution in [0.4, 0.5) is 5.82 Å². The second kappa shape index (κ2) is 20.5. The zero-order valence-electron chi connectivity index (χ0n) is 30.4. The fourth-order valence-corrected chi connectivity index (χ4v) is 6.58. The van der Waals surface area contributed by atoms with Crippen molar-refractivity contribution in [1.82, 2.24) is 9.97 Å². The molecule has 2 aromatic carbocycles. The number of hydrogen-bond acceptors (Lipinski definition) is 12. The zero-order valence-corrected chi connectivity index (χ0v) is 32.0. The molecule has 3 N–H and O–H groups in total. The molecule has 0 unspecified atom stereocenters. The number of methoxy groups -OCH3 is 1. The average Bonchev–Trinajstić information content (AvgIpc) is 3.72. The molecule has 284 valence electrons. The predicted molar refractivity (Wildman–Crippen MR) is 202 cm³/mol. The van der Waals surface area contributed by atoms with E-state index >= 15 is 0 Å². The van der Waals surface area contributed by atoms with Crippen molar-refractivity contribution in [2.24, 2.45) is 0 Å². The first-order valence-electron chi connectivity index (χ1n) is 17.5. The summed E-state index contributed by atoms with van der Waals surface area (Å²) in [5.74, 6) is 0.314. The first-order chi connectivity index (χ1) is 25.0. The van der Waals surface area contributed by atoms with Crippen molar-refractivity contribution in [2.75, 3.05) is 51.5 Å². The third-order valence-corrected chi connectivity index (χ3v) is 9.97. The molecule has 2 saturated heterocycles. The van der Waals surface area contributed by atoms with E-state index < -0.39 is 22.7 Å². The maximum atomic E-state index is 13.5. The van der Waals surface area contributed by atoms with Crippen molar-refractivity contribution in [3.05, 3.63) is 70.9 Å². The highest BCUT2D eigenvalue weighted by atomic mass is 32.2. The summed E-state index contributed by atoms with van der Waals surface area (Å²) < 4.78 is 57.0. The number of aliphatic hydroxyl groups is 2. The van der Waals surface area contributed by atoms with E-state index in [2.05, 4.69) is 14.7 Å². The Morgan fingerprint density at radius 2 is 1.50 bits per heavy atom. The Kier molecular flexibility index (Phi) is 16.1. The number of nitrogens with zero attached hydrogens (tertiary/aromatic N) is 2. The zero-order chi connectivity index (χ0) is 37.4. The molecule has 1 atom stereocenters. The molecule has 0 aliphatic carbocycles. The fourth-order valence-electron chi connectivity index (χ4n) is 4.95. The lowest BCUT2D eigenvalue weighted by molar-refractivity contribution is 0.0513. The first-order valence-corrected chi connectivity index (χ1v) is 19.9. The Morgan fingerprint density at radius 1 is 0.885 bits per heavy atom. The minimum Gasteiger partial charge on any atom is -0.493 e. The van der Waals surface area contributed by atoms with E-state index in [4.69, 9.17) is 23.7 Å². The molecule has 4 aromatic rings. The Bertz CT molecular complexity index is 1700. The number of hydrogen-bond donors (Lipinski definition) is 3. The van der Waals surface area contributed by atoms with Gasteiger partial charge in [-0.1, -0.05) is 45.0 Å². The van der Waals surface area contributed by atoms with Gasteiger partial charge in [0.05, 0.1) is 18.6 Å². The van der Waals surface area contributed by atoms with Gasteiger partial charge in [0.25, 0.3) is 15.9 Å². The number of sulfonamides is 1. The highest BCUT2D eigenvalue weighted by Gasteiger charge is 2.26. The molecule has 2 fully saturated rings. The van der Waals surface area contributed by atoms with Crippen LogP contribution in [-0.4, -0.2) is 81.5 Å². The third kappa shape index (κ3) is 12.7. The molecule has 0 spiro atoms. The molecule has 6 rings (SSSR count). The molecule has 4 heterocycles. The molecule has 2 aliphatic heterocycles. The van der Waals surface area contributed by atoms with E-state index in [-0.39, 0.29) is 45.9 Å². The molecular formula is C38H51N3O9S2. The van der Waals surface area contributed by atoms with Gasteiger partial charge in [0, 0.05) is 37.4 Å². The maximum absolute atomic E-state index is 13.5. The number of anilines is 1. The van der Waals surface area contributed by atoms with Crippen LogP contribution in [0.1, 0.15) is 64.9 Å². The first kappa shape index (κ1) is 41.0. The van der Waals surface area contributed by atoms with Gasteiger partial charge in [-0.2, -0.15) is 16.3 Å². The second-order valence-electron chi connectivity index (χ2n) is 13.2. The van der Waals surface area contributed by atoms with E-state index in [1.165, 1.54) is 69.1 Å². The Labute approximate surface area is 311 Å². The van der Waals surface area contributed by atoms with Gasteiger partial charge in [-0.15, -0.1) is 0 Å². The predicted octanol–water partition coefficient (Wildman–Crippen LogP) is 7.21. The van der Waals surface area contributed by atoms with E-state index in [9.17, 15) is 18.6 Å². The quantitative estimate of drug-likeness (QED) is 0.142. The lowest BCUT2D eigenvalue weighted by atomic mass is 9.87. The Balaban J connectivity index is 0.000000423. The number of nitrogens with one attached hydrogen (secondary N) is 1. The lowest BCUT2D eigenvalue weighted by Crippen LogP contribution is -2.22. The van der Waals surface area contributed by atoms with E-state index in [0.29, 0.717) is 11.3 Å². The summed E-state index contributed by atoms with van der Waals surface area (Å²) >= 11 is 1.41. The van der Waals surface area contributed by atoms with Crippen LogP contribution in [0.2, 0.25) is 0 Å². The van der Waals surface area contributed by atoms with Crippen LogP contribution < -0.4 is 18.9 Å². The van der Waals surface area contributed by atoms with E-state index in [1.807, 2.05) is 26.2 Å². The van der Waals surface area contributed by atoms with Gasteiger partial charge >= 0.3 is 0 Å². The molecule has 0 amide bonds. The molecule has 0 saturated carbocycles. The van der Waals surface area contributed by atoms with Crippen LogP contribution in [0.3, 0.4) is 0 Å². The standard InChI is InChI=1S/C28H31N3O7S2.2C5H10O/c1-28(2,3)19-9-11-21(12-10-19)40(34,35)31-26-24(38-23-8-6-5-7-22(23)36-4)27(37-16-20(33)15-32)30-25(29-26)18-13-14-39-17-18;2*1-2-4-6-5-3-1/h5-14,17,20,32-33H,15-16H2,1-4H3,(H,29,30,31);2*1-5H2/t20-;;/m0../s1. The smallest absolute Gasteiger partial charge is 0.263 e. The normalized spacial score (nSPS) is 15.2. The van der Waals surface area contributed by atoms with Crippen LogP contribution in [0, 0.1) is 0 Å². The fraction of sp³-hybridized carbons (Fsp3) is 0.474. The van der Waals surface area contributed by atoms with Gasteiger partial charge in [-0.05, 0) is 85.2 Å². The SMILES string of the molecule is C1CCOCC1.C1CCOCC1.COc1ccccc1Oc1c(NS(=O)(=O)c2ccc(C(C)(C)C)cc2)nc(-c2ccsc2)nc1OC[C@@H](O)CO. The molecule has 2 aromatic heterocycles. The highest BCUT2D eigenvalue weighted by Crippen LogP contribution is 2.42. The molecule has 2 aliphatic rings. The van der Waals surface area contributed by atoms with Crippen LogP contribution in [0.5, 0.6) is 23.1 Å². The third-order valence-electron chi connectivity index (χ3n) is 7.93. The molecule has 14 heteroatoms. The largest absolute Gasteiger partial charge is 0.493 e. The summed E-state index contributed by atoms with van der Waals surface area (Å²) in [6.45, 7) is 9.24. The van der Waals surface area contributed by atoms with Crippen molar-refractivity contribution >= 4 is 27.2 Å². The number of rotatable bonds is 11. The summed E-state index contributed by atoms with van der Waals surface area (Å²) in [5.41, 5.74) is 1.45. The molecule has 12 nitrogen and oxygen atoms in total. The summed E-state index contributed by atoms with van der Waals surface area (Å²) in [4.78, 5) is 8.97. The van der Waals surface area contributed by atoms with Crippen molar-refractivity contribution in [2.45, 2.75) is 75.7 Å². The van der Waals surface area contributed by atoms with Crippen LogP contribution in [0.15, 0.2) is 70.3 Å². The number of aliphatic hydroxyl groups excluding tert-OH is 2. The van der Waals surface area contributed by atoms with Gasteiger partial charge < -0.3 is 33.9 Å². The van der Waals surface area contributed by atoms with Gasteiger partial charge in [0.1, 0.15) is 12.7 Å². The Hall–Kier alpha value is -3.79. The summed E-state index contributed by atoms with van der Waals surface area (Å²) in [5, 5.41) is 22.8. The minimum atomic E-state index is -4.14. The number of ether oxygens (including phenoxy) is 5. The monoisotopic (exact) mass is 757 g/mol. The molecular weight excluding hydrogens is 707 g/mol. The van der Waals surface area contributed by atoms with Crippen molar-refractivity contribution in [1.29, 1.82) is 0 Å². The van der Waals surface area contributed by atoms with Crippen LogP contribution in [-0.2, 0) is 24.9 Å². The van der Waals surface area contributed by atoms with Crippen LogP contribution in [0.25, 0.3) is 11.4 Å². The topological polar surface area (TPSA) is 159 Å². The van der Waals surface area contributed by atoms with Crippen molar-refractivity contribution in [3.8, 4) is 34.5 Å². The van der Waals surface area contributed by atoms with Gasteiger partial charge in [-0.25, -0.2) is 13.4 Å². The van der Waals surface area contributed by atoms with Crippen LogP contribution >= 0.6 is 11.3 Å². The second-order valence-corrected chi connectivity index (χ2v) is 15.6. The summed E-state index contributed by atoms with van der Waals surface area (Å²) in [6.07, 6.45) is 6.65. The van der Waals surface area contributed by atoms with Gasteiger partial charge in [0.2, 0.25) is 5.75 Å². The molecule has 0 radical (unpaired) electrons. The summed E-state index contributed by atoms with van der Waals surface area (Å²) in [7, 11) is -2.67. The highest BCUT2D eigenvalue weighted by molar-refractivity contribution is 7.92. The summed E-state index contributed by atoms with van der Waals surface area (Å²) in [6, 6.07) is 15.1. The number of aromatic nitrogens is 2. The van der Waals surface area contributed by atoms with E-state index in [1.54, 1.807) is 47.8 Å². The molecule has 52 heavy (non-hydrogen) atoms.